The first-order chi connectivity index (χ1) is 12.1. The Morgan fingerprint density at radius 2 is 2.12 bits per heavy atom. The maximum atomic E-state index is 12.0. The predicted molar refractivity (Wildman–Crippen MR) is 92.7 cm³/mol. The molecule has 1 N–H and O–H groups in total. The average molecular weight is 343 g/mol. The summed E-state index contributed by atoms with van der Waals surface area (Å²) in [5, 5.41) is 7.11. The lowest BCUT2D eigenvalue weighted by Gasteiger charge is -2.21. The molecule has 0 aliphatic carbocycles. The van der Waals surface area contributed by atoms with E-state index in [0.29, 0.717) is 19.4 Å². The number of amides is 1. The molecule has 7 nitrogen and oxygen atoms in total. The van der Waals surface area contributed by atoms with Crippen LogP contribution in [0.25, 0.3) is 0 Å². The van der Waals surface area contributed by atoms with E-state index in [-0.39, 0.29) is 12.0 Å². The molecule has 0 radical (unpaired) electrons. The van der Waals surface area contributed by atoms with Gasteiger partial charge < -0.3 is 10.1 Å². The van der Waals surface area contributed by atoms with Crippen LogP contribution in [0.4, 0.5) is 0 Å². The number of ether oxygens (including phenoxy) is 1. The molecule has 0 unspecified atom stereocenters. The molecule has 7 heteroatoms. The summed E-state index contributed by atoms with van der Waals surface area (Å²) in [6.45, 7) is 3.23. The molecule has 0 saturated carbocycles. The molecule has 1 aliphatic heterocycles. The Labute approximate surface area is 147 Å². The Balaban J connectivity index is 1.44. The zero-order valence-electron chi connectivity index (χ0n) is 14.9. The third kappa shape index (κ3) is 4.63. The van der Waals surface area contributed by atoms with Gasteiger partial charge >= 0.3 is 0 Å². The lowest BCUT2D eigenvalue weighted by atomic mass is 10.1. The molecule has 0 aromatic carbocycles. The monoisotopic (exact) mass is 343 g/mol. The molecule has 0 bridgehead atoms. The number of aryl methyl sites for hydroxylation is 2. The highest BCUT2D eigenvalue weighted by atomic mass is 16.5. The van der Waals surface area contributed by atoms with Crippen LogP contribution in [0, 0.1) is 6.92 Å². The van der Waals surface area contributed by atoms with Crippen LogP contribution in [0.5, 0.6) is 0 Å². The molecular weight excluding hydrogens is 318 g/mol. The minimum Gasteiger partial charge on any atom is -0.370 e. The third-order valence-electron chi connectivity index (χ3n) is 4.64. The number of nitrogens with one attached hydrogen (secondary N) is 1. The summed E-state index contributed by atoms with van der Waals surface area (Å²) >= 11 is 0. The predicted octanol–water partition coefficient (Wildman–Crippen LogP) is 2.01. The zero-order valence-corrected chi connectivity index (χ0v) is 14.9. The second-order valence-electron chi connectivity index (χ2n) is 6.46. The van der Waals surface area contributed by atoms with E-state index < -0.39 is 0 Å². The van der Waals surface area contributed by atoms with Crippen LogP contribution in [0.2, 0.25) is 0 Å². The van der Waals surface area contributed by atoms with Crippen molar-refractivity contribution < 1.29 is 9.53 Å². The molecule has 3 rings (SSSR count). The SMILES string of the molecule is Cc1c(CCC(=O)NCc2cnc([C@@H]3CCCCO3)nc2)cnn1C. The number of hydrogen-bond acceptors (Lipinski definition) is 5. The Morgan fingerprint density at radius 1 is 1.32 bits per heavy atom. The van der Waals surface area contributed by atoms with Crippen molar-refractivity contribution in [3.63, 3.8) is 0 Å². The summed E-state index contributed by atoms with van der Waals surface area (Å²) in [7, 11) is 1.90. The molecule has 3 heterocycles. The standard InChI is InChI=1S/C18H25N5O2/c1-13-15(12-22-23(13)2)6-7-17(24)19-9-14-10-20-18(21-11-14)16-5-3-4-8-25-16/h10-12,16H,3-9H2,1-2H3,(H,19,24)/t16-/m0/s1. The van der Waals surface area contributed by atoms with Crippen molar-refractivity contribution in [1.29, 1.82) is 0 Å². The van der Waals surface area contributed by atoms with Crippen LogP contribution >= 0.6 is 0 Å². The van der Waals surface area contributed by atoms with Crippen LogP contribution in [-0.4, -0.2) is 32.3 Å². The van der Waals surface area contributed by atoms with E-state index in [0.717, 1.165) is 48.5 Å². The minimum absolute atomic E-state index is 0.0140. The largest absolute Gasteiger partial charge is 0.370 e. The summed E-state index contributed by atoms with van der Waals surface area (Å²) in [6.07, 6.45) is 9.76. The molecule has 1 aliphatic rings. The summed E-state index contributed by atoms with van der Waals surface area (Å²) in [5.41, 5.74) is 3.10. The smallest absolute Gasteiger partial charge is 0.220 e. The number of carbonyl (C=O) groups excluding carboxylic acids is 1. The van der Waals surface area contributed by atoms with Gasteiger partial charge in [0, 0.05) is 50.3 Å². The summed E-state index contributed by atoms with van der Waals surface area (Å²) < 4.78 is 7.51. The molecule has 1 atom stereocenters. The van der Waals surface area contributed by atoms with Gasteiger partial charge in [-0.2, -0.15) is 5.10 Å². The Kier molecular flexibility index (Phi) is 5.75. The van der Waals surface area contributed by atoms with E-state index in [2.05, 4.69) is 20.4 Å². The molecule has 2 aromatic rings. The summed E-state index contributed by atoms with van der Waals surface area (Å²) in [4.78, 5) is 20.8. The first kappa shape index (κ1) is 17.5. The van der Waals surface area contributed by atoms with Gasteiger partial charge in [-0.05, 0) is 38.2 Å². The van der Waals surface area contributed by atoms with Crippen LogP contribution in [0.1, 0.15) is 54.4 Å². The van der Waals surface area contributed by atoms with Crippen molar-refractivity contribution in [3.05, 3.63) is 41.2 Å². The van der Waals surface area contributed by atoms with Crippen molar-refractivity contribution in [1.82, 2.24) is 25.1 Å². The van der Waals surface area contributed by atoms with Crippen molar-refractivity contribution in [3.8, 4) is 0 Å². The minimum atomic E-state index is 0.0140. The highest BCUT2D eigenvalue weighted by molar-refractivity contribution is 5.76. The Bertz CT molecular complexity index is 705. The first-order valence-corrected chi connectivity index (χ1v) is 8.80. The molecule has 0 spiro atoms. The van der Waals surface area contributed by atoms with Gasteiger partial charge in [-0.25, -0.2) is 9.97 Å². The van der Waals surface area contributed by atoms with E-state index >= 15 is 0 Å². The Hall–Kier alpha value is -2.28. The fourth-order valence-corrected chi connectivity index (χ4v) is 2.89. The van der Waals surface area contributed by atoms with Crippen LogP contribution in [0.3, 0.4) is 0 Å². The van der Waals surface area contributed by atoms with Gasteiger partial charge in [0.05, 0.1) is 6.20 Å². The zero-order chi connectivity index (χ0) is 17.6. The van der Waals surface area contributed by atoms with Crippen molar-refractivity contribution in [2.24, 2.45) is 7.05 Å². The maximum Gasteiger partial charge on any atom is 0.220 e. The topological polar surface area (TPSA) is 81.9 Å². The quantitative estimate of drug-likeness (QED) is 0.867. The molecule has 2 aromatic heterocycles. The summed E-state index contributed by atoms with van der Waals surface area (Å²) in [6, 6.07) is 0. The summed E-state index contributed by atoms with van der Waals surface area (Å²) in [5.74, 6) is 0.754. The van der Waals surface area contributed by atoms with Crippen LogP contribution in [0.15, 0.2) is 18.6 Å². The first-order valence-electron chi connectivity index (χ1n) is 8.80. The molecular formula is C18H25N5O2. The number of hydrogen-bond donors (Lipinski definition) is 1. The van der Waals surface area contributed by atoms with Gasteiger partial charge in [-0.1, -0.05) is 0 Å². The van der Waals surface area contributed by atoms with Gasteiger partial charge in [-0.3, -0.25) is 9.48 Å². The van der Waals surface area contributed by atoms with Crippen molar-refractivity contribution >= 4 is 5.91 Å². The van der Waals surface area contributed by atoms with E-state index in [1.165, 1.54) is 0 Å². The van der Waals surface area contributed by atoms with Gasteiger partial charge in [0.1, 0.15) is 6.10 Å². The maximum absolute atomic E-state index is 12.0. The molecule has 1 saturated heterocycles. The average Bonchev–Trinajstić information content (AvgIpc) is 2.98. The van der Waals surface area contributed by atoms with Gasteiger partial charge in [0.2, 0.25) is 5.91 Å². The van der Waals surface area contributed by atoms with Gasteiger partial charge in [0.25, 0.3) is 0 Å². The highest BCUT2D eigenvalue weighted by Crippen LogP contribution is 2.24. The third-order valence-corrected chi connectivity index (χ3v) is 4.64. The lowest BCUT2D eigenvalue weighted by molar-refractivity contribution is -0.121. The van der Waals surface area contributed by atoms with Gasteiger partial charge in [0.15, 0.2) is 5.82 Å². The normalized spacial score (nSPS) is 17.4. The van der Waals surface area contributed by atoms with Gasteiger partial charge in [-0.15, -0.1) is 0 Å². The number of aromatic nitrogens is 4. The molecule has 1 fully saturated rings. The van der Waals surface area contributed by atoms with E-state index in [9.17, 15) is 4.79 Å². The van der Waals surface area contributed by atoms with Crippen molar-refractivity contribution in [2.45, 2.75) is 51.7 Å². The highest BCUT2D eigenvalue weighted by Gasteiger charge is 2.18. The molecule has 25 heavy (non-hydrogen) atoms. The molecule has 134 valence electrons. The van der Waals surface area contributed by atoms with Crippen molar-refractivity contribution in [2.75, 3.05) is 6.61 Å². The number of rotatable bonds is 6. The molecule has 1 amide bonds. The van der Waals surface area contributed by atoms with E-state index in [1.54, 1.807) is 12.4 Å². The van der Waals surface area contributed by atoms with E-state index in [4.69, 9.17) is 4.74 Å². The fraction of sp³-hybridized carbons (Fsp3) is 0.556. The lowest BCUT2D eigenvalue weighted by Crippen LogP contribution is -2.23. The van der Waals surface area contributed by atoms with Crippen LogP contribution < -0.4 is 5.32 Å². The van der Waals surface area contributed by atoms with Crippen LogP contribution in [-0.2, 0) is 29.5 Å². The number of carbonyl (C=O) groups is 1. The fourth-order valence-electron chi connectivity index (χ4n) is 2.89. The second kappa shape index (κ2) is 8.20. The Morgan fingerprint density at radius 3 is 2.76 bits per heavy atom. The second-order valence-corrected chi connectivity index (χ2v) is 6.46. The van der Waals surface area contributed by atoms with E-state index in [1.807, 2.05) is 24.9 Å². The number of nitrogens with zero attached hydrogens (tertiary/aromatic N) is 4.